The molecule has 0 bridgehead atoms. The SMILES string of the molecule is Cc1nn(C)c2nc(-c3ccccc3)cc(C(=O)NC3COc4ccccc43)c12. The highest BCUT2D eigenvalue weighted by atomic mass is 16.5. The van der Waals surface area contributed by atoms with Gasteiger partial charge in [0.05, 0.1) is 28.4 Å². The lowest BCUT2D eigenvalue weighted by Gasteiger charge is -2.13. The fourth-order valence-corrected chi connectivity index (χ4v) is 3.90. The number of amides is 1. The van der Waals surface area contributed by atoms with E-state index < -0.39 is 0 Å². The molecule has 4 aromatic rings. The van der Waals surface area contributed by atoms with Crippen molar-refractivity contribution in [2.24, 2.45) is 7.05 Å². The van der Waals surface area contributed by atoms with E-state index in [9.17, 15) is 4.79 Å². The number of rotatable bonds is 3. The van der Waals surface area contributed by atoms with E-state index in [0.29, 0.717) is 17.8 Å². The lowest BCUT2D eigenvalue weighted by atomic mass is 10.0. The molecule has 0 saturated carbocycles. The van der Waals surface area contributed by atoms with Gasteiger partial charge in [-0.25, -0.2) is 4.98 Å². The van der Waals surface area contributed by atoms with Gasteiger partial charge < -0.3 is 10.1 Å². The third kappa shape index (κ3) is 2.93. The van der Waals surface area contributed by atoms with Gasteiger partial charge in [-0.3, -0.25) is 9.48 Å². The molecule has 0 spiro atoms. The third-order valence-corrected chi connectivity index (χ3v) is 5.29. The molecule has 6 heteroatoms. The van der Waals surface area contributed by atoms with Gasteiger partial charge in [-0.15, -0.1) is 0 Å². The molecule has 6 nitrogen and oxygen atoms in total. The second kappa shape index (κ2) is 6.74. The Hall–Kier alpha value is -3.67. The van der Waals surface area contributed by atoms with Crippen LogP contribution in [-0.4, -0.2) is 27.3 Å². The molecule has 1 amide bonds. The van der Waals surface area contributed by atoms with Crippen LogP contribution in [0.1, 0.15) is 27.7 Å². The summed E-state index contributed by atoms with van der Waals surface area (Å²) in [6.45, 7) is 2.33. The van der Waals surface area contributed by atoms with Gasteiger partial charge in [0.1, 0.15) is 12.4 Å². The Morgan fingerprint density at radius 3 is 2.72 bits per heavy atom. The Kier molecular flexibility index (Phi) is 4.05. The average Bonchev–Trinajstić information content (AvgIpc) is 3.28. The van der Waals surface area contributed by atoms with Crippen molar-refractivity contribution in [1.82, 2.24) is 20.1 Å². The number of carbonyl (C=O) groups excluding carboxylic acids is 1. The molecule has 29 heavy (non-hydrogen) atoms. The lowest BCUT2D eigenvalue weighted by Crippen LogP contribution is -2.29. The second-order valence-electron chi connectivity index (χ2n) is 7.20. The molecule has 1 atom stereocenters. The van der Waals surface area contributed by atoms with Crippen LogP contribution in [0.3, 0.4) is 0 Å². The zero-order valence-electron chi connectivity index (χ0n) is 16.2. The largest absolute Gasteiger partial charge is 0.491 e. The molecule has 0 saturated heterocycles. The topological polar surface area (TPSA) is 69.0 Å². The van der Waals surface area contributed by atoms with E-state index in [1.165, 1.54) is 0 Å². The van der Waals surface area contributed by atoms with Crippen molar-refractivity contribution in [3.63, 3.8) is 0 Å². The van der Waals surface area contributed by atoms with Crippen molar-refractivity contribution < 1.29 is 9.53 Å². The van der Waals surface area contributed by atoms with Crippen molar-refractivity contribution in [2.75, 3.05) is 6.61 Å². The molecule has 1 N–H and O–H groups in total. The minimum Gasteiger partial charge on any atom is -0.491 e. The van der Waals surface area contributed by atoms with E-state index >= 15 is 0 Å². The zero-order chi connectivity index (χ0) is 20.0. The molecule has 0 aliphatic carbocycles. The zero-order valence-corrected chi connectivity index (χ0v) is 16.2. The molecular weight excluding hydrogens is 364 g/mol. The van der Waals surface area contributed by atoms with Crippen LogP contribution in [0.5, 0.6) is 5.75 Å². The number of pyridine rings is 1. The molecular formula is C23H20N4O2. The summed E-state index contributed by atoms with van der Waals surface area (Å²) in [6, 6.07) is 19.3. The summed E-state index contributed by atoms with van der Waals surface area (Å²) in [4.78, 5) is 18.1. The number of aryl methyl sites for hydroxylation is 2. The van der Waals surface area contributed by atoms with Gasteiger partial charge in [-0.1, -0.05) is 48.5 Å². The van der Waals surface area contributed by atoms with Crippen LogP contribution in [0.25, 0.3) is 22.3 Å². The van der Waals surface area contributed by atoms with Crippen LogP contribution in [0.15, 0.2) is 60.7 Å². The molecule has 1 aliphatic heterocycles. The van der Waals surface area contributed by atoms with Gasteiger partial charge in [-0.2, -0.15) is 5.10 Å². The maximum atomic E-state index is 13.3. The highest BCUT2D eigenvalue weighted by Crippen LogP contribution is 2.33. The number of nitrogens with zero attached hydrogens (tertiary/aromatic N) is 3. The van der Waals surface area contributed by atoms with Crippen LogP contribution < -0.4 is 10.1 Å². The summed E-state index contributed by atoms with van der Waals surface area (Å²) >= 11 is 0. The number of fused-ring (bicyclic) bond motifs is 2. The minimum atomic E-state index is -0.181. The fourth-order valence-electron chi connectivity index (χ4n) is 3.90. The molecule has 3 heterocycles. The number of ether oxygens (including phenoxy) is 1. The number of para-hydroxylation sites is 1. The predicted octanol–water partition coefficient (Wildman–Crippen LogP) is 3.81. The number of nitrogens with one attached hydrogen (secondary N) is 1. The van der Waals surface area contributed by atoms with Crippen molar-refractivity contribution in [1.29, 1.82) is 0 Å². The van der Waals surface area contributed by atoms with E-state index in [0.717, 1.165) is 33.7 Å². The quantitative estimate of drug-likeness (QED) is 0.583. The summed E-state index contributed by atoms with van der Waals surface area (Å²) in [5.74, 6) is 0.663. The molecule has 1 unspecified atom stereocenters. The molecule has 0 fully saturated rings. The predicted molar refractivity (Wildman–Crippen MR) is 111 cm³/mol. The van der Waals surface area contributed by atoms with Crippen LogP contribution in [0, 0.1) is 6.92 Å². The van der Waals surface area contributed by atoms with Crippen LogP contribution >= 0.6 is 0 Å². The smallest absolute Gasteiger partial charge is 0.252 e. The molecule has 0 radical (unpaired) electrons. The Labute approximate surface area is 168 Å². The second-order valence-corrected chi connectivity index (χ2v) is 7.20. The molecule has 2 aromatic carbocycles. The van der Waals surface area contributed by atoms with Crippen molar-refractivity contribution >= 4 is 16.9 Å². The third-order valence-electron chi connectivity index (χ3n) is 5.29. The summed E-state index contributed by atoms with van der Waals surface area (Å²) in [5, 5.41) is 8.39. The summed E-state index contributed by atoms with van der Waals surface area (Å²) in [6.07, 6.45) is 0. The Morgan fingerprint density at radius 2 is 1.90 bits per heavy atom. The molecule has 1 aliphatic rings. The van der Waals surface area contributed by atoms with E-state index in [1.807, 2.05) is 74.6 Å². The highest BCUT2D eigenvalue weighted by Gasteiger charge is 2.27. The minimum absolute atomic E-state index is 0.156. The van der Waals surface area contributed by atoms with E-state index in [4.69, 9.17) is 9.72 Å². The Balaban J connectivity index is 1.59. The van der Waals surface area contributed by atoms with Crippen molar-refractivity contribution in [2.45, 2.75) is 13.0 Å². The van der Waals surface area contributed by atoms with Gasteiger partial charge in [0.2, 0.25) is 0 Å². The van der Waals surface area contributed by atoms with Gasteiger partial charge in [0.15, 0.2) is 5.65 Å². The van der Waals surface area contributed by atoms with Gasteiger partial charge in [0.25, 0.3) is 5.91 Å². The first kappa shape index (κ1) is 17.4. The number of aromatic nitrogens is 3. The summed E-state index contributed by atoms with van der Waals surface area (Å²) in [5.41, 5.74) is 4.74. The number of benzene rings is 2. The maximum absolute atomic E-state index is 13.3. The standard InChI is InChI=1S/C23H20N4O2/c1-14-21-17(23(28)25-19-13-29-20-11-7-6-10-16(19)20)12-18(15-8-4-3-5-9-15)24-22(21)27(2)26-14/h3-12,19H,13H2,1-2H3,(H,25,28). The van der Waals surface area contributed by atoms with Crippen LogP contribution in [0.2, 0.25) is 0 Å². The molecule has 144 valence electrons. The highest BCUT2D eigenvalue weighted by molar-refractivity contribution is 6.07. The van der Waals surface area contributed by atoms with Crippen molar-refractivity contribution in [3.05, 3.63) is 77.5 Å². The maximum Gasteiger partial charge on any atom is 0.252 e. The first-order valence-corrected chi connectivity index (χ1v) is 9.54. The van der Waals surface area contributed by atoms with Gasteiger partial charge >= 0.3 is 0 Å². The van der Waals surface area contributed by atoms with Gasteiger partial charge in [-0.05, 0) is 19.1 Å². The number of hydrogen-bond acceptors (Lipinski definition) is 4. The summed E-state index contributed by atoms with van der Waals surface area (Å²) < 4.78 is 7.44. The van der Waals surface area contributed by atoms with E-state index in [2.05, 4.69) is 10.4 Å². The fraction of sp³-hybridized carbons (Fsp3) is 0.174. The summed E-state index contributed by atoms with van der Waals surface area (Å²) in [7, 11) is 1.85. The van der Waals surface area contributed by atoms with Gasteiger partial charge in [0, 0.05) is 18.2 Å². The number of hydrogen-bond donors (Lipinski definition) is 1. The first-order valence-electron chi connectivity index (χ1n) is 9.54. The Bertz CT molecular complexity index is 1230. The van der Waals surface area contributed by atoms with Crippen LogP contribution in [-0.2, 0) is 7.05 Å². The average molecular weight is 384 g/mol. The Morgan fingerprint density at radius 1 is 1.14 bits per heavy atom. The monoisotopic (exact) mass is 384 g/mol. The normalized spacial score (nSPS) is 15.2. The molecule has 5 rings (SSSR count). The van der Waals surface area contributed by atoms with E-state index in [-0.39, 0.29) is 11.9 Å². The first-order chi connectivity index (χ1) is 14.1. The lowest BCUT2D eigenvalue weighted by molar-refractivity contribution is 0.0932. The van der Waals surface area contributed by atoms with E-state index in [1.54, 1.807) is 4.68 Å². The van der Waals surface area contributed by atoms with Crippen LogP contribution in [0.4, 0.5) is 0 Å². The number of carbonyl (C=O) groups is 1. The molecule has 2 aromatic heterocycles. The van der Waals surface area contributed by atoms with Crippen molar-refractivity contribution in [3.8, 4) is 17.0 Å².